The summed E-state index contributed by atoms with van der Waals surface area (Å²) in [6, 6.07) is 14.3. The molecule has 0 fully saturated rings. The second kappa shape index (κ2) is 7.61. The molecule has 7 heteroatoms. The van der Waals surface area contributed by atoms with E-state index in [1.807, 2.05) is 24.3 Å². The predicted octanol–water partition coefficient (Wildman–Crippen LogP) is 3.11. The number of halogens is 1. The lowest BCUT2D eigenvalue weighted by atomic mass is 10.0. The summed E-state index contributed by atoms with van der Waals surface area (Å²) < 4.78 is 0. The number of hydrogen-bond acceptors (Lipinski definition) is 5. The van der Waals surface area contributed by atoms with Crippen molar-refractivity contribution in [3.63, 3.8) is 0 Å². The average molecular weight is 370 g/mol. The summed E-state index contributed by atoms with van der Waals surface area (Å²) in [5, 5.41) is 19.5. The number of aromatic nitrogens is 2. The number of aliphatic hydroxyl groups excluding tert-OH is 1. The molecule has 6 nitrogen and oxygen atoms in total. The highest BCUT2D eigenvalue weighted by molar-refractivity contribution is 6.30. The molecule has 1 heterocycles. The number of nitrogens with zero attached hydrogens (tertiary/aromatic N) is 2. The summed E-state index contributed by atoms with van der Waals surface area (Å²) in [4.78, 5) is 20.2. The Labute approximate surface area is 154 Å². The van der Waals surface area contributed by atoms with Crippen molar-refractivity contribution < 1.29 is 15.0 Å². The highest BCUT2D eigenvalue weighted by Crippen LogP contribution is 2.31. The van der Waals surface area contributed by atoms with Crippen molar-refractivity contribution in [2.75, 3.05) is 0 Å². The molecule has 0 atom stereocenters. The number of carbonyl (C=O) groups is 1. The summed E-state index contributed by atoms with van der Waals surface area (Å²) in [6.45, 7) is -0.124. The van der Waals surface area contributed by atoms with Gasteiger partial charge in [-0.2, -0.15) is 0 Å². The monoisotopic (exact) mass is 369 g/mol. The molecule has 0 saturated carbocycles. The predicted molar refractivity (Wildman–Crippen MR) is 98.7 cm³/mol. The molecule has 0 spiro atoms. The molecule has 26 heavy (non-hydrogen) atoms. The minimum atomic E-state index is -1.25. The molecule has 2 aromatic carbocycles. The van der Waals surface area contributed by atoms with Crippen LogP contribution in [-0.2, 0) is 13.2 Å². The summed E-state index contributed by atoms with van der Waals surface area (Å²) in [7, 11) is 0. The highest BCUT2D eigenvalue weighted by Gasteiger charge is 2.20. The standard InChI is InChI=1S/C19H16ClN3O3/c20-14-7-5-13(6-8-14)16-17(12-3-1-11(9-21)2-4-12)23-18(19(25)26)15(10-24)22-16/h1-8,24H,9-10,21H2,(H,25,26). The number of hydrogen-bond donors (Lipinski definition) is 3. The van der Waals surface area contributed by atoms with Gasteiger partial charge in [0, 0.05) is 22.7 Å². The van der Waals surface area contributed by atoms with Crippen LogP contribution >= 0.6 is 11.6 Å². The smallest absolute Gasteiger partial charge is 0.356 e. The van der Waals surface area contributed by atoms with E-state index < -0.39 is 12.6 Å². The third-order valence-corrected chi connectivity index (χ3v) is 4.15. The molecule has 0 aliphatic heterocycles. The Morgan fingerprint density at radius 2 is 1.50 bits per heavy atom. The van der Waals surface area contributed by atoms with Crippen molar-refractivity contribution in [2.24, 2.45) is 5.73 Å². The van der Waals surface area contributed by atoms with Gasteiger partial charge < -0.3 is 15.9 Å². The van der Waals surface area contributed by atoms with E-state index >= 15 is 0 Å². The van der Waals surface area contributed by atoms with E-state index in [4.69, 9.17) is 17.3 Å². The minimum absolute atomic E-state index is 0.00442. The Bertz CT molecular complexity index is 941. The number of nitrogens with two attached hydrogens (primary N) is 1. The van der Waals surface area contributed by atoms with E-state index in [0.717, 1.165) is 5.56 Å². The van der Waals surface area contributed by atoms with Crippen molar-refractivity contribution in [1.29, 1.82) is 0 Å². The minimum Gasteiger partial charge on any atom is -0.476 e. The van der Waals surface area contributed by atoms with Crippen molar-refractivity contribution in [3.8, 4) is 22.5 Å². The first kappa shape index (κ1) is 18.0. The van der Waals surface area contributed by atoms with Crippen LogP contribution in [0.2, 0.25) is 5.02 Å². The van der Waals surface area contributed by atoms with Gasteiger partial charge in [-0.25, -0.2) is 14.8 Å². The largest absolute Gasteiger partial charge is 0.476 e. The van der Waals surface area contributed by atoms with Crippen molar-refractivity contribution >= 4 is 17.6 Å². The third-order valence-electron chi connectivity index (χ3n) is 3.90. The third kappa shape index (κ3) is 3.57. The van der Waals surface area contributed by atoms with Gasteiger partial charge in [-0.15, -0.1) is 0 Å². The van der Waals surface area contributed by atoms with E-state index in [9.17, 15) is 15.0 Å². The average Bonchev–Trinajstić information content (AvgIpc) is 2.67. The van der Waals surface area contributed by atoms with Crippen LogP contribution in [0.25, 0.3) is 22.5 Å². The van der Waals surface area contributed by atoms with Crippen LogP contribution in [0, 0.1) is 0 Å². The molecule has 3 aromatic rings. The molecule has 0 aliphatic rings. The topological polar surface area (TPSA) is 109 Å². The van der Waals surface area contributed by atoms with Crippen molar-refractivity contribution in [2.45, 2.75) is 13.2 Å². The maximum atomic E-state index is 11.5. The molecule has 0 amide bonds. The summed E-state index contributed by atoms with van der Waals surface area (Å²) in [5.41, 5.74) is 8.60. The number of benzene rings is 2. The Morgan fingerprint density at radius 3 is 2.00 bits per heavy atom. The van der Waals surface area contributed by atoms with Crippen LogP contribution in [0.5, 0.6) is 0 Å². The summed E-state index contributed by atoms with van der Waals surface area (Å²) in [6.07, 6.45) is 0. The molecule has 132 valence electrons. The molecular weight excluding hydrogens is 354 g/mol. The van der Waals surface area contributed by atoms with Crippen molar-refractivity contribution in [1.82, 2.24) is 9.97 Å². The molecule has 0 unspecified atom stereocenters. The van der Waals surface area contributed by atoms with Crippen LogP contribution in [0.1, 0.15) is 21.7 Å². The first-order chi connectivity index (χ1) is 12.5. The van der Waals surface area contributed by atoms with E-state index in [-0.39, 0.29) is 11.4 Å². The maximum absolute atomic E-state index is 11.5. The van der Waals surface area contributed by atoms with E-state index in [0.29, 0.717) is 34.1 Å². The number of carboxylic acid groups (broad SMARTS) is 1. The van der Waals surface area contributed by atoms with Gasteiger partial charge in [0.05, 0.1) is 23.7 Å². The Morgan fingerprint density at radius 1 is 0.962 bits per heavy atom. The zero-order valence-corrected chi connectivity index (χ0v) is 14.4. The van der Waals surface area contributed by atoms with Crippen LogP contribution in [-0.4, -0.2) is 26.2 Å². The zero-order chi connectivity index (χ0) is 18.7. The maximum Gasteiger partial charge on any atom is 0.356 e. The Hall–Kier alpha value is -2.80. The molecule has 4 N–H and O–H groups in total. The lowest BCUT2D eigenvalue weighted by Gasteiger charge is -2.13. The lowest BCUT2D eigenvalue weighted by Crippen LogP contribution is -2.11. The van der Waals surface area contributed by atoms with Gasteiger partial charge in [0.1, 0.15) is 0 Å². The van der Waals surface area contributed by atoms with Gasteiger partial charge in [0.25, 0.3) is 0 Å². The quantitative estimate of drug-likeness (QED) is 0.637. The van der Waals surface area contributed by atoms with Gasteiger partial charge in [-0.1, -0.05) is 48.0 Å². The van der Waals surface area contributed by atoms with E-state index in [1.54, 1.807) is 24.3 Å². The molecule has 1 aromatic heterocycles. The number of aliphatic hydroxyl groups is 1. The van der Waals surface area contributed by atoms with Crippen LogP contribution in [0.3, 0.4) is 0 Å². The first-order valence-electron chi connectivity index (χ1n) is 7.84. The van der Waals surface area contributed by atoms with Gasteiger partial charge in [0.15, 0.2) is 5.69 Å². The molecule has 0 saturated heterocycles. The number of carboxylic acids is 1. The molecular formula is C19H16ClN3O3. The van der Waals surface area contributed by atoms with Gasteiger partial charge >= 0.3 is 5.97 Å². The number of rotatable bonds is 5. The van der Waals surface area contributed by atoms with Crippen molar-refractivity contribution in [3.05, 3.63) is 70.5 Å². The molecule has 0 aliphatic carbocycles. The highest BCUT2D eigenvalue weighted by atomic mass is 35.5. The fourth-order valence-corrected chi connectivity index (χ4v) is 2.69. The zero-order valence-electron chi connectivity index (χ0n) is 13.7. The fraction of sp³-hybridized carbons (Fsp3) is 0.105. The summed E-state index contributed by atoms with van der Waals surface area (Å²) >= 11 is 5.95. The second-order valence-corrected chi connectivity index (χ2v) is 6.02. The van der Waals surface area contributed by atoms with Crippen LogP contribution in [0.4, 0.5) is 0 Å². The van der Waals surface area contributed by atoms with E-state index in [1.165, 1.54) is 0 Å². The number of aromatic carboxylic acids is 1. The molecule has 0 radical (unpaired) electrons. The lowest BCUT2D eigenvalue weighted by molar-refractivity contribution is 0.0686. The second-order valence-electron chi connectivity index (χ2n) is 5.59. The van der Waals surface area contributed by atoms with Crippen LogP contribution < -0.4 is 5.73 Å². The molecule has 3 rings (SSSR count). The van der Waals surface area contributed by atoms with E-state index in [2.05, 4.69) is 9.97 Å². The Balaban J connectivity index is 2.25. The fourth-order valence-electron chi connectivity index (χ4n) is 2.56. The molecule has 0 bridgehead atoms. The van der Waals surface area contributed by atoms with Gasteiger partial charge in [-0.3, -0.25) is 0 Å². The first-order valence-corrected chi connectivity index (χ1v) is 8.21. The normalized spacial score (nSPS) is 10.7. The van der Waals surface area contributed by atoms with Gasteiger partial charge in [-0.05, 0) is 17.7 Å². The Kier molecular flexibility index (Phi) is 5.27. The van der Waals surface area contributed by atoms with Crippen LogP contribution in [0.15, 0.2) is 48.5 Å². The SMILES string of the molecule is NCc1ccc(-c2nc(C(=O)O)c(CO)nc2-c2ccc(Cl)cc2)cc1. The van der Waals surface area contributed by atoms with Gasteiger partial charge in [0.2, 0.25) is 0 Å². The summed E-state index contributed by atoms with van der Waals surface area (Å²) in [5.74, 6) is -1.25.